The van der Waals surface area contributed by atoms with Gasteiger partial charge in [0.25, 0.3) is 0 Å². The zero-order chi connectivity index (χ0) is 20.1. The first-order valence-corrected chi connectivity index (χ1v) is 10.2. The first-order valence-electron chi connectivity index (χ1n) is 9.25. The molecule has 0 aliphatic heterocycles. The number of nitrogens with one attached hydrogen (secondary N) is 1. The van der Waals surface area contributed by atoms with Crippen molar-refractivity contribution >= 4 is 17.5 Å². The molecule has 5 heteroatoms. The molecule has 0 spiro atoms. The Morgan fingerprint density at radius 1 is 0.897 bits per heavy atom. The molecular weight excluding hydrogens is 380 g/mol. The van der Waals surface area contributed by atoms with Crippen molar-refractivity contribution in [2.45, 2.75) is 5.16 Å². The van der Waals surface area contributed by atoms with Gasteiger partial charge in [0.05, 0.1) is 24.3 Å². The van der Waals surface area contributed by atoms with Crippen LogP contribution in [0.4, 0.5) is 0 Å². The van der Waals surface area contributed by atoms with Crippen LogP contribution in [-0.4, -0.2) is 28.6 Å². The molecule has 0 saturated carbocycles. The molecule has 0 amide bonds. The number of imidazole rings is 1. The van der Waals surface area contributed by atoms with E-state index in [2.05, 4.69) is 17.1 Å². The Morgan fingerprint density at radius 2 is 1.52 bits per heavy atom. The lowest BCUT2D eigenvalue weighted by Gasteiger charge is -2.02. The van der Waals surface area contributed by atoms with Gasteiger partial charge in [-0.2, -0.15) is 0 Å². The summed E-state index contributed by atoms with van der Waals surface area (Å²) in [7, 11) is 1.61. The minimum absolute atomic E-state index is 0.0524. The Hall–Kier alpha value is -3.31. The van der Waals surface area contributed by atoms with Crippen LogP contribution in [0.25, 0.3) is 22.5 Å². The second kappa shape index (κ2) is 8.80. The number of nitrogens with zero attached hydrogens (tertiary/aromatic N) is 1. The highest BCUT2D eigenvalue weighted by atomic mass is 32.2. The molecule has 0 unspecified atom stereocenters. The van der Waals surface area contributed by atoms with Crippen LogP contribution in [0.5, 0.6) is 5.75 Å². The number of ether oxygens (including phenoxy) is 1. The van der Waals surface area contributed by atoms with E-state index in [9.17, 15) is 4.79 Å². The number of Topliss-reactive ketones (excluding diaryl/α,β-unsaturated/α-hetero) is 1. The molecule has 0 aliphatic carbocycles. The van der Waals surface area contributed by atoms with Gasteiger partial charge >= 0.3 is 0 Å². The zero-order valence-electron chi connectivity index (χ0n) is 16.0. The molecule has 3 aromatic carbocycles. The van der Waals surface area contributed by atoms with Crippen molar-refractivity contribution in [1.82, 2.24) is 9.97 Å². The van der Waals surface area contributed by atoms with Crippen molar-refractivity contribution in [2.24, 2.45) is 0 Å². The molecule has 1 aromatic heterocycles. The van der Waals surface area contributed by atoms with E-state index in [4.69, 9.17) is 9.72 Å². The smallest absolute Gasteiger partial charge is 0.173 e. The second-order valence-corrected chi connectivity index (χ2v) is 7.40. The quantitative estimate of drug-likeness (QED) is 0.318. The summed E-state index contributed by atoms with van der Waals surface area (Å²) in [6.45, 7) is 0. The lowest BCUT2D eigenvalue weighted by Crippen LogP contribution is -2.02. The number of H-pyrrole nitrogens is 1. The van der Waals surface area contributed by atoms with Gasteiger partial charge in [-0.15, -0.1) is 0 Å². The Balaban J connectivity index is 1.58. The van der Waals surface area contributed by atoms with Crippen molar-refractivity contribution in [3.63, 3.8) is 0 Å². The Kier molecular flexibility index (Phi) is 5.77. The van der Waals surface area contributed by atoms with Gasteiger partial charge in [-0.1, -0.05) is 72.4 Å². The highest BCUT2D eigenvalue weighted by Crippen LogP contribution is 2.32. The van der Waals surface area contributed by atoms with Crippen molar-refractivity contribution in [1.29, 1.82) is 0 Å². The van der Waals surface area contributed by atoms with E-state index in [1.165, 1.54) is 11.8 Å². The first-order chi connectivity index (χ1) is 14.2. The number of thioether (sulfide) groups is 1. The van der Waals surface area contributed by atoms with E-state index >= 15 is 0 Å². The molecule has 0 atom stereocenters. The summed E-state index contributed by atoms with van der Waals surface area (Å²) in [6, 6.07) is 27.3. The second-order valence-electron chi connectivity index (χ2n) is 6.44. The fraction of sp³-hybridized carbons (Fsp3) is 0.0833. The molecule has 0 radical (unpaired) electrons. The molecule has 0 saturated heterocycles. The van der Waals surface area contributed by atoms with E-state index in [-0.39, 0.29) is 5.78 Å². The van der Waals surface area contributed by atoms with Crippen molar-refractivity contribution in [3.8, 4) is 28.3 Å². The average Bonchev–Trinajstić information content (AvgIpc) is 3.23. The summed E-state index contributed by atoms with van der Waals surface area (Å²) in [4.78, 5) is 20.7. The SMILES string of the molecule is COc1ccc(C(=O)CSc2nc(-c3ccccc3)c(-c3ccccc3)[nH]2)cc1. The summed E-state index contributed by atoms with van der Waals surface area (Å²) in [6.07, 6.45) is 0. The number of ketones is 1. The molecule has 4 nitrogen and oxygen atoms in total. The molecular formula is C24H20N2O2S. The van der Waals surface area contributed by atoms with Crippen LogP contribution < -0.4 is 4.74 Å². The van der Waals surface area contributed by atoms with Gasteiger partial charge in [-0.3, -0.25) is 4.79 Å². The third kappa shape index (κ3) is 4.41. The molecule has 0 fully saturated rings. The van der Waals surface area contributed by atoms with Crippen molar-refractivity contribution < 1.29 is 9.53 Å². The number of methoxy groups -OCH3 is 1. The molecule has 0 aliphatic rings. The standard InChI is InChI=1S/C24H20N2O2S/c1-28-20-14-12-17(13-15-20)21(27)16-29-24-25-22(18-8-4-2-5-9-18)23(26-24)19-10-6-3-7-11-19/h2-15H,16H2,1H3,(H,25,26). The normalized spacial score (nSPS) is 10.7. The third-order valence-corrected chi connectivity index (χ3v) is 5.42. The number of aromatic nitrogens is 2. The van der Waals surface area contributed by atoms with E-state index in [0.717, 1.165) is 33.4 Å². The summed E-state index contributed by atoms with van der Waals surface area (Å²) >= 11 is 1.41. The monoisotopic (exact) mass is 400 g/mol. The lowest BCUT2D eigenvalue weighted by molar-refractivity contribution is 0.102. The topological polar surface area (TPSA) is 55.0 Å². The lowest BCUT2D eigenvalue weighted by atomic mass is 10.1. The summed E-state index contributed by atoms with van der Waals surface area (Å²) in [5, 5.41) is 0.726. The average molecular weight is 401 g/mol. The van der Waals surface area contributed by atoms with Gasteiger partial charge in [-0.05, 0) is 24.3 Å². The first kappa shape index (κ1) is 19.0. The van der Waals surface area contributed by atoms with E-state index in [1.807, 2.05) is 48.5 Å². The number of carbonyl (C=O) groups is 1. The van der Waals surface area contributed by atoms with Crippen LogP contribution in [0, 0.1) is 0 Å². The molecule has 4 aromatic rings. The minimum Gasteiger partial charge on any atom is -0.497 e. The van der Waals surface area contributed by atoms with Crippen molar-refractivity contribution in [3.05, 3.63) is 90.5 Å². The maximum atomic E-state index is 12.5. The van der Waals surface area contributed by atoms with Gasteiger partial charge in [0.2, 0.25) is 0 Å². The number of benzene rings is 3. The Labute approximate surface area is 174 Å². The third-order valence-electron chi connectivity index (χ3n) is 4.54. The molecule has 4 rings (SSSR count). The molecule has 29 heavy (non-hydrogen) atoms. The largest absolute Gasteiger partial charge is 0.497 e. The van der Waals surface area contributed by atoms with Crippen molar-refractivity contribution in [2.75, 3.05) is 12.9 Å². The molecule has 0 bridgehead atoms. The van der Waals surface area contributed by atoms with E-state index in [0.29, 0.717) is 11.3 Å². The van der Waals surface area contributed by atoms with Gasteiger partial charge in [0.1, 0.15) is 5.75 Å². The Morgan fingerprint density at radius 3 is 2.14 bits per heavy atom. The highest BCUT2D eigenvalue weighted by Gasteiger charge is 2.15. The molecule has 1 heterocycles. The van der Waals surface area contributed by atoms with Gasteiger partial charge < -0.3 is 9.72 Å². The van der Waals surface area contributed by atoms with Crippen LogP contribution in [-0.2, 0) is 0 Å². The van der Waals surface area contributed by atoms with Gasteiger partial charge in [0.15, 0.2) is 10.9 Å². The molecule has 144 valence electrons. The zero-order valence-corrected chi connectivity index (χ0v) is 16.8. The number of hydrogen-bond acceptors (Lipinski definition) is 4. The fourth-order valence-electron chi connectivity index (χ4n) is 3.03. The predicted octanol–water partition coefficient (Wildman–Crippen LogP) is 5.73. The summed E-state index contributed by atoms with van der Waals surface area (Å²) in [5.74, 6) is 1.10. The Bertz CT molecular complexity index is 1030. The van der Waals surface area contributed by atoms with E-state index in [1.54, 1.807) is 31.4 Å². The predicted molar refractivity (Wildman–Crippen MR) is 118 cm³/mol. The van der Waals surface area contributed by atoms with Crippen LogP contribution in [0.3, 0.4) is 0 Å². The highest BCUT2D eigenvalue weighted by molar-refractivity contribution is 7.99. The van der Waals surface area contributed by atoms with Crippen LogP contribution in [0.2, 0.25) is 0 Å². The maximum Gasteiger partial charge on any atom is 0.173 e. The number of carbonyl (C=O) groups excluding carboxylic acids is 1. The summed E-state index contributed by atoms with van der Waals surface area (Å²) in [5.41, 5.74) is 4.60. The number of aromatic amines is 1. The van der Waals surface area contributed by atoms with Crippen LogP contribution >= 0.6 is 11.8 Å². The fourth-order valence-corrected chi connectivity index (χ4v) is 3.80. The number of hydrogen-bond donors (Lipinski definition) is 1. The van der Waals surface area contributed by atoms with Crippen LogP contribution in [0.15, 0.2) is 90.1 Å². The van der Waals surface area contributed by atoms with Gasteiger partial charge in [0, 0.05) is 16.7 Å². The molecule has 1 N–H and O–H groups in total. The van der Waals surface area contributed by atoms with Crippen LogP contribution in [0.1, 0.15) is 10.4 Å². The summed E-state index contributed by atoms with van der Waals surface area (Å²) < 4.78 is 5.15. The van der Waals surface area contributed by atoms with E-state index < -0.39 is 0 Å². The minimum atomic E-state index is 0.0524. The maximum absolute atomic E-state index is 12.5. The van der Waals surface area contributed by atoms with Gasteiger partial charge in [-0.25, -0.2) is 4.98 Å². The number of rotatable bonds is 7.